The number of amides is 3. The molecule has 0 fully saturated rings. The van der Waals surface area contributed by atoms with Crippen molar-refractivity contribution in [2.45, 2.75) is 18.2 Å². The molecule has 134 valence electrons. The van der Waals surface area contributed by atoms with Gasteiger partial charge in [-0.1, -0.05) is 18.5 Å². The highest BCUT2D eigenvalue weighted by molar-refractivity contribution is 7.90. The normalized spacial score (nSPS) is 10.2. The number of aliphatic imine (C=N–C) groups is 1. The summed E-state index contributed by atoms with van der Waals surface area (Å²) in [6.07, 6.45) is 0.636. The van der Waals surface area contributed by atoms with Crippen LogP contribution in [0.5, 0.6) is 0 Å². The SMILES string of the molecule is CCCNC(=O)NS(=O)(=O)c1cc(C(=O)N=C(N)N)ccc1Cl.Cl. The molecule has 0 aliphatic carbocycles. The predicted molar refractivity (Wildman–Crippen MR) is 92.9 cm³/mol. The second kappa shape index (κ2) is 9.30. The number of urea groups is 1. The first kappa shape index (κ1) is 22.0. The second-order valence-electron chi connectivity index (χ2n) is 4.35. The van der Waals surface area contributed by atoms with E-state index in [-0.39, 0.29) is 23.0 Å². The molecule has 0 aliphatic rings. The molecule has 9 nitrogen and oxygen atoms in total. The van der Waals surface area contributed by atoms with Crippen molar-refractivity contribution in [1.82, 2.24) is 10.0 Å². The molecule has 12 heteroatoms. The molecule has 0 bridgehead atoms. The molecule has 0 unspecified atom stereocenters. The highest BCUT2D eigenvalue weighted by atomic mass is 35.5. The number of halogens is 2. The van der Waals surface area contributed by atoms with Crippen LogP contribution in [-0.4, -0.2) is 32.9 Å². The van der Waals surface area contributed by atoms with Crippen LogP contribution in [0.4, 0.5) is 4.79 Å². The van der Waals surface area contributed by atoms with Crippen molar-refractivity contribution < 1.29 is 18.0 Å². The van der Waals surface area contributed by atoms with Crippen LogP contribution in [0.3, 0.4) is 0 Å². The molecule has 24 heavy (non-hydrogen) atoms. The van der Waals surface area contributed by atoms with Crippen LogP contribution in [0.2, 0.25) is 5.02 Å². The Bertz CT molecular complexity index is 748. The van der Waals surface area contributed by atoms with E-state index in [2.05, 4.69) is 10.3 Å². The Morgan fingerprint density at radius 2 is 1.92 bits per heavy atom. The number of carbonyl (C=O) groups excluding carboxylic acids is 2. The van der Waals surface area contributed by atoms with Gasteiger partial charge in [-0.15, -0.1) is 12.4 Å². The Morgan fingerprint density at radius 1 is 1.29 bits per heavy atom. The molecule has 0 radical (unpaired) electrons. The zero-order valence-electron chi connectivity index (χ0n) is 12.6. The van der Waals surface area contributed by atoms with Crippen LogP contribution in [0.15, 0.2) is 28.1 Å². The maximum absolute atomic E-state index is 12.2. The molecular formula is C12H17Cl2N5O4S. The Labute approximate surface area is 150 Å². The Kier molecular flexibility index (Phi) is 8.51. The lowest BCUT2D eigenvalue weighted by molar-refractivity contribution is 0.100. The monoisotopic (exact) mass is 397 g/mol. The third-order valence-electron chi connectivity index (χ3n) is 2.46. The number of carbonyl (C=O) groups is 2. The highest BCUT2D eigenvalue weighted by Crippen LogP contribution is 2.23. The van der Waals surface area contributed by atoms with E-state index in [4.69, 9.17) is 23.1 Å². The van der Waals surface area contributed by atoms with Gasteiger partial charge in [-0.05, 0) is 24.6 Å². The molecular weight excluding hydrogens is 381 g/mol. The van der Waals surface area contributed by atoms with E-state index in [0.29, 0.717) is 13.0 Å². The molecule has 3 amide bonds. The largest absolute Gasteiger partial charge is 0.370 e. The quantitative estimate of drug-likeness (QED) is 0.420. The molecule has 0 saturated heterocycles. The van der Waals surface area contributed by atoms with Crippen LogP contribution >= 0.6 is 24.0 Å². The van der Waals surface area contributed by atoms with E-state index >= 15 is 0 Å². The summed E-state index contributed by atoms with van der Waals surface area (Å²) in [6, 6.07) is 2.53. The molecule has 0 spiro atoms. The Balaban J connectivity index is 0.00000529. The summed E-state index contributed by atoms with van der Waals surface area (Å²) in [6.45, 7) is 2.11. The number of nitrogens with one attached hydrogen (secondary N) is 2. The number of hydrogen-bond acceptors (Lipinski definition) is 4. The van der Waals surface area contributed by atoms with Crippen LogP contribution in [0.25, 0.3) is 0 Å². The summed E-state index contributed by atoms with van der Waals surface area (Å²) in [5.41, 5.74) is 10.1. The van der Waals surface area contributed by atoms with E-state index in [1.807, 2.05) is 6.92 Å². The molecule has 0 aromatic heterocycles. The standard InChI is InChI=1S/C12H16ClN5O4S.ClH/c1-2-5-16-12(20)18-23(21,22)9-6-7(3-4-8(9)13)10(19)17-11(14)15;/h3-4,6H,2,5H2,1H3,(H2,16,18,20)(H4,14,15,17,19);1H. The zero-order chi connectivity index (χ0) is 17.6. The summed E-state index contributed by atoms with van der Waals surface area (Å²) in [5.74, 6) is -1.31. The summed E-state index contributed by atoms with van der Waals surface area (Å²) < 4.78 is 26.1. The average Bonchev–Trinajstić information content (AvgIpc) is 2.44. The molecule has 0 saturated carbocycles. The predicted octanol–water partition coefficient (Wildman–Crippen LogP) is 0.573. The minimum Gasteiger partial charge on any atom is -0.370 e. The third kappa shape index (κ3) is 6.22. The van der Waals surface area contributed by atoms with E-state index in [9.17, 15) is 18.0 Å². The average molecular weight is 398 g/mol. The van der Waals surface area contributed by atoms with Gasteiger partial charge in [0.25, 0.3) is 15.9 Å². The van der Waals surface area contributed by atoms with Gasteiger partial charge in [0.05, 0.1) is 5.02 Å². The topological polar surface area (TPSA) is 157 Å². The first-order valence-electron chi connectivity index (χ1n) is 6.41. The fourth-order valence-electron chi connectivity index (χ4n) is 1.48. The molecule has 1 rings (SSSR count). The summed E-state index contributed by atoms with van der Waals surface area (Å²) in [7, 11) is -4.26. The first-order valence-corrected chi connectivity index (χ1v) is 8.27. The van der Waals surface area contributed by atoms with Crippen molar-refractivity contribution in [3.63, 3.8) is 0 Å². The number of guanidine groups is 1. The minimum absolute atomic E-state index is 0. The first-order chi connectivity index (χ1) is 10.7. The summed E-state index contributed by atoms with van der Waals surface area (Å²) >= 11 is 5.83. The van der Waals surface area contributed by atoms with Crippen LogP contribution < -0.4 is 21.5 Å². The van der Waals surface area contributed by atoms with Gasteiger partial charge in [0.15, 0.2) is 5.96 Å². The Morgan fingerprint density at radius 3 is 2.46 bits per heavy atom. The fourth-order valence-corrected chi connectivity index (χ4v) is 2.93. The van der Waals surface area contributed by atoms with Gasteiger partial charge in [0.2, 0.25) is 0 Å². The number of nitrogens with zero attached hydrogens (tertiary/aromatic N) is 1. The molecule has 0 atom stereocenters. The lowest BCUT2D eigenvalue weighted by Crippen LogP contribution is -2.39. The zero-order valence-corrected chi connectivity index (χ0v) is 15.0. The number of nitrogens with two attached hydrogens (primary N) is 2. The smallest absolute Gasteiger partial charge is 0.328 e. The lowest BCUT2D eigenvalue weighted by atomic mass is 10.2. The van der Waals surface area contributed by atoms with Crippen LogP contribution in [0.1, 0.15) is 23.7 Å². The van der Waals surface area contributed by atoms with E-state index in [0.717, 1.165) is 6.07 Å². The van der Waals surface area contributed by atoms with Crippen LogP contribution in [0, 0.1) is 0 Å². The van der Waals surface area contributed by atoms with E-state index in [1.54, 1.807) is 4.72 Å². The van der Waals surface area contributed by atoms with Crippen molar-refractivity contribution >= 4 is 51.9 Å². The second-order valence-corrected chi connectivity index (χ2v) is 6.41. The molecule has 0 aliphatic heterocycles. The summed E-state index contributed by atoms with van der Waals surface area (Å²) in [5, 5.41) is 2.18. The van der Waals surface area contributed by atoms with Gasteiger partial charge >= 0.3 is 6.03 Å². The maximum Gasteiger partial charge on any atom is 0.328 e. The summed E-state index contributed by atoms with van der Waals surface area (Å²) in [4.78, 5) is 26.1. The Hall–Kier alpha value is -2.04. The van der Waals surface area contributed by atoms with Gasteiger partial charge in [0, 0.05) is 12.1 Å². The molecule has 0 heterocycles. The molecule has 6 N–H and O–H groups in total. The third-order valence-corrected chi connectivity index (χ3v) is 4.27. The van der Waals surface area contributed by atoms with Crippen molar-refractivity contribution in [1.29, 1.82) is 0 Å². The molecule has 1 aromatic rings. The number of hydrogen-bond donors (Lipinski definition) is 4. The van der Waals surface area contributed by atoms with Gasteiger partial charge in [-0.25, -0.2) is 17.9 Å². The lowest BCUT2D eigenvalue weighted by Gasteiger charge is -2.10. The van der Waals surface area contributed by atoms with Gasteiger partial charge in [-0.2, -0.15) is 4.99 Å². The minimum atomic E-state index is -4.26. The van der Waals surface area contributed by atoms with Gasteiger partial charge in [-0.3, -0.25) is 4.79 Å². The number of benzene rings is 1. The van der Waals surface area contributed by atoms with Gasteiger partial charge in [0.1, 0.15) is 4.90 Å². The van der Waals surface area contributed by atoms with Crippen molar-refractivity contribution in [2.75, 3.05) is 6.54 Å². The van der Waals surface area contributed by atoms with Crippen molar-refractivity contribution in [2.24, 2.45) is 16.5 Å². The van der Waals surface area contributed by atoms with Crippen molar-refractivity contribution in [3.8, 4) is 0 Å². The molecule has 1 aromatic carbocycles. The maximum atomic E-state index is 12.2. The number of rotatable bonds is 5. The highest BCUT2D eigenvalue weighted by Gasteiger charge is 2.22. The van der Waals surface area contributed by atoms with Crippen molar-refractivity contribution in [3.05, 3.63) is 28.8 Å². The van der Waals surface area contributed by atoms with E-state index < -0.39 is 32.8 Å². The number of sulfonamides is 1. The van der Waals surface area contributed by atoms with Crippen LogP contribution in [-0.2, 0) is 10.0 Å². The van der Waals surface area contributed by atoms with E-state index in [1.165, 1.54) is 12.1 Å². The van der Waals surface area contributed by atoms with Gasteiger partial charge < -0.3 is 16.8 Å². The fraction of sp³-hybridized carbons (Fsp3) is 0.250.